The second-order valence-corrected chi connectivity index (χ2v) is 4.09. The second kappa shape index (κ2) is 5.17. The molecule has 1 heterocycles. The number of rotatable bonds is 5. The van der Waals surface area contributed by atoms with Gasteiger partial charge in [0.2, 0.25) is 5.13 Å². The van der Waals surface area contributed by atoms with E-state index in [4.69, 9.17) is 0 Å². The van der Waals surface area contributed by atoms with Crippen molar-refractivity contribution >= 4 is 16.7 Å². The average Bonchev–Trinajstić information content (AvgIpc) is 2.48. The fourth-order valence-corrected chi connectivity index (χ4v) is 1.84. The van der Waals surface area contributed by atoms with Gasteiger partial charge in [0, 0.05) is 17.6 Å². The monoisotopic (exact) mass is 199 g/mol. The lowest BCUT2D eigenvalue weighted by Gasteiger charge is -2.10. The zero-order valence-electron chi connectivity index (χ0n) is 8.50. The third-order valence-corrected chi connectivity index (χ3v) is 2.63. The van der Waals surface area contributed by atoms with Crippen LogP contribution in [0.4, 0.5) is 5.13 Å². The number of hydrogen-bond donors (Lipinski definition) is 1. The van der Waals surface area contributed by atoms with Crippen LogP contribution in [0.25, 0.3) is 0 Å². The van der Waals surface area contributed by atoms with Gasteiger partial charge in [0.25, 0.3) is 0 Å². The van der Waals surface area contributed by atoms with E-state index in [1.54, 1.807) is 0 Å². The topological polar surface area (TPSA) is 37.8 Å². The number of aryl methyl sites for hydroxylation is 1. The van der Waals surface area contributed by atoms with Gasteiger partial charge in [-0.25, -0.2) is 4.98 Å². The molecule has 13 heavy (non-hydrogen) atoms. The van der Waals surface area contributed by atoms with Gasteiger partial charge in [0.1, 0.15) is 5.82 Å². The van der Waals surface area contributed by atoms with Gasteiger partial charge in [0.05, 0.1) is 0 Å². The highest BCUT2D eigenvalue weighted by Crippen LogP contribution is 2.13. The van der Waals surface area contributed by atoms with Crippen LogP contribution < -0.4 is 5.32 Å². The first-order chi connectivity index (χ1) is 6.22. The molecule has 74 valence electrons. The molecule has 1 atom stereocenters. The van der Waals surface area contributed by atoms with E-state index in [9.17, 15) is 0 Å². The zero-order chi connectivity index (χ0) is 9.68. The molecule has 3 nitrogen and oxygen atoms in total. The molecule has 0 spiro atoms. The summed E-state index contributed by atoms with van der Waals surface area (Å²) in [5, 5.41) is 4.29. The van der Waals surface area contributed by atoms with Crippen LogP contribution in [0.2, 0.25) is 0 Å². The zero-order valence-corrected chi connectivity index (χ0v) is 9.32. The number of nitrogens with one attached hydrogen (secondary N) is 1. The number of hydrogen-bond acceptors (Lipinski definition) is 4. The third-order valence-electron chi connectivity index (χ3n) is 1.89. The molecule has 0 aliphatic rings. The van der Waals surface area contributed by atoms with Crippen LogP contribution in [0.5, 0.6) is 0 Å². The Morgan fingerprint density at radius 3 is 2.85 bits per heavy atom. The van der Waals surface area contributed by atoms with Gasteiger partial charge in [-0.1, -0.05) is 19.8 Å². The maximum atomic E-state index is 4.26. The largest absolute Gasteiger partial charge is 0.358 e. The Morgan fingerprint density at radius 2 is 2.31 bits per heavy atom. The van der Waals surface area contributed by atoms with Gasteiger partial charge in [-0.2, -0.15) is 4.37 Å². The molecule has 1 rings (SSSR count). The summed E-state index contributed by atoms with van der Waals surface area (Å²) >= 11 is 1.44. The summed E-state index contributed by atoms with van der Waals surface area (Å²) in [7, 11) is 0. The SMILES string of the molecule is CCCCC(C)Nc1nc(C)ns1. The van der Waals surface area contributed by atoms with Crippen molar-refractivity contribution < 1.29 is 0 Å². The Kier molecular flexibility index (Phi) is 4.15. The van der Waals surface area contributed by atoms with Crippen LogP contribution in [0.1, 0.15) is 38.9 Å². The highest BCUT2D eigenvalue weighted by Gasteiger charge is 2.04. The number of aromatic nitrogens is 2. The van der Waals surface area contributed by atoms with Gasteiger partial charge in [0.15, 0.2) is 0 Å². The van der Waals surface area contributed by atoms with Crippen LogP contribution >= 0.6 is 11.5 Å². The predicted octanol–water partition coefficient (Wildman–Crippen LogP) is 2.84. The molecule has 1 unspecified atom stereocenters. The van der Waals surface area contributed by atoms with Crippen molar-refractivity contribution in [1.29, 1.82) is 0 Å². The van der Waals surface area contributed by atoms with Crippen molar-refractivity contribution in [2.45, 2.75) is 46.1 Å². The first-order valence-electron chi connectivity index (χ1n) is 4.79. The first kappa shape index (κ1) is 10.4. The first-order valence-corrected chi connectivity index (χ1v) is 5.56. The van der Waals surface area contributed by atoms with E-state index in [0.717, 1.165) is 11.0 Å². The maximum absolute atomic E-state index is 4.26. The van der Waals surface area contributed by atoms with E-state index in [0.29, 0.717) is 6.04 Å². The standard InChI is InChI=1S/C9H17N3S/c1-4-5-6-7(2)10-9-11-8(3)12-13-9/h7H,4-6H2,1-3H3,(H,10,11,12). The van der Waals surface area contributed by atoms with E-state index in [1.165, 1.54) is 30.8 Å². The van der Waals surface area contributed by atoms with E-state index in [-0.39, 0.29) is 0 Å². The molecule has 4 heteroatoms. The summed E-state index contributed by atoms with van der Waals surface area (Å²) < 4.78 is 4.12. The summed E-state index contributed by atoms with van der Waals surface area (Å²) in [5.41, 5.74) is 0. The summed E-state index contributed by atoms with van der Waals surface area (Å²) in [5.74, 6) is 0.857. The van der Waals surface area contributed by atoms with Crippen LogP contribution in [0.3, 0.4) is 0 Å². The summed E-state index contributed by atoms with van der Waals surface area (Å²) in [6, 6.07) is 0.507. The highest BCUT2D eigenvalue weighted by molar-refractivity contribution is 7.09. The fraction of sp³-hybridized carbons (Fsp3) is 0.778. The molecular weight excluding hydrogens is 182 g/mol. The van der Waals surface area contributed by atoms with Crippen LogP contribution in [-0.2, 0) is 0 Å². The molecule has 0 aromatic carbocycles. The highest BCUT2D eigenvalue weighted by atomic mass is 32.1. The van der Waals surface area contributed by atoms with Crippen molar-refractivity contribution in [3.05, 3.63) is 5.82 Å². The molecule has 0 fully saturated rings. The van der Waals surface area contributed by atoms with Crippen molar-refractivity contribution in [2.75, 3.05) is 5.32 Å². The Hall–Kier alpha value is -0.640. The molecule has 1 aromatic rings. The van der Waals surface area contributed by atoms with Crippen LogP contribution in [0, 0.1) is 6.92 Å². The molecule has 0 amide bonds. The van der Waals surface area contributed by atoms with Gasteiger partial charge >= 0.3 is 0 Å². The summed E-state index contributed by atoms with van der Waals surface area (Å²) in [6.07, 6.45) is 3.72. The van der Waals surface area contributed by atoms with Gasteiger partial charge in [-0.05, 0) is 20.3 Å². The normalized spacial score (nSPS) is 12.8. The predicted molar refractivity (Wildman–Crippen MR) is 57.3 cm³/mol. The minimum absolute atomic E-state index is 0.507. The van der Waals surface area contributed by atoms with Gasteiger partial charge in [-0.15, -0.1) is 0 Å². The quantitative estimate of drug-likeness (QED) is 0.792. The van der Waals surface area contributed by atoms with E-state index >= 15 is 0 Å². The van der Waals surface area contributed by atoms with Crippen molar-refractivity contribution in [2.24, 2.45) is 0 Å². The second-order valence-electron chi connectivity index (χ2n) is 3.33. The number of nitrogens with zero attached hydrogens (tertiary/aromatic N) is 2. The molecule has 0 bridgehead atoms. The summed E-state index contributed by atoms with van der Waals surface area (Å²) in [6.45, 7) is 6.31. The van der Waals surface area contributed by atoms with Crippen molar-refractivity contribution in [1.82, 2.24) is 9.36 Å². The Bertz CT molecular complexity index is 247. The molecule has 1 N–H and O–H groups in total. The molecule has 0 saturated carbocycles. The maximum Gasteiger partial charge on any atom is 0.202 e. The van der Waals surface area contributed by atoms with Crippen LogP contribution in [-0.4, -0.2) is 15.4 Å². The lowest BCUT2D eigenvalue weighted by molar-refractivity contribution is 0.644. The Labute approximate surface area is 83.8 Å². The van der Waals surface area contributed by atoms with Crippen LogP contribution in [0.15, 0.2) is 0 Å². The minimum atomic E-state index is 0.507. The van der Waals surface area contributed by atoms with E-state index in [1.807, 2.05) is 6.92 Å². The Balaban J connectivity index is 2.31. The number of anilines is 1. The smallest absolute Gasteiger partial charge is 0.202 e. The van der Waals surface area contributed by atoms with E-state index in [2.05, 4.69) is 28.5 Å². The lowest BCUT2D eigenvalue weighted by Crippen LogP contribution is -2.14. The molecule has 0 aliphatic heterocycles. The molecular formula is C9H17N3S. The number of unbranched alkanes of at least 4 members (excludes halogenated alkanes) is 1. The summed E-state index contributed by atoms with van der Waals surface area (Å²) in [4.78, 5) is 4.26. The average molecular weight is 199 g/mol. The van der Waals surface area contributed by atoms with Crippen molar-refractivity contribution in [3.63, 3.8) is 0 Å². The van der Waals surface area contributed by atoms with Crippen molar-refractivity contribution in [3.8, 4) is 0 Å². The molecule has 0 saturated heterocycles. The fourth-order valence-electron chi connectivity index (χ4n) is 1.15. The third kappa shape index (κ3) is 3.72. The molecule has 0 aliphatic carbocycles. The lowest BCUT2D eigenvalue weighted by atomic mass is 10.1. The Morgan fingerprint density at radius 1 is 1.54 bits per heavy atom. The van der Waals surface area contributed by atoms with E-state index < -0.39 is 0 Å². The van der Waals surface area contributed by atoms with Gasteiger partial charge in [-0.3, -0.25) is 0 Å². The van der Waals surface area contributed by atoms with Gasteiger partial charge < -0.3 is 5.32 Å². The minimum Gasteiger partial charge on any atom is -0.358 e. The molecule has 1 aromatic heterocycles. The molecule has 0 radical (unpaired) electrons.